The summed E-state index contributed by atoms with van der Waals surface area (Å²) < 4.78 is 14.5. The summed E-state index contributed by atoms with van der Waals surface area (Å²) in [6, 6.07) is 0. The monoisotopic (exact) mass is 304 g/mol. The summed E-state index contributed by atoms with van der Waals surface area (Å²) in [6.07, 6.45) is 21.3. The minimum atomic E-state index is -1.06. The van der Waals surface area contributed by atoms with E-state index in [4.69, 9.17) is 0 Å². The Morgan fingerprint density at radius 1 is 1.00 bits per heavy atom. The minimum absolute atomic E-state index is 0.606. The first-order valence-corrected chi connectivity index (χ1v) is 9.78. The molecule has 1 unspecified atom stereocenters. The predicted molar refractivity (Wildman–Crippen MR) is 92.6 cm³/mol. The maximum absolute atomic E-state index is 14.5. The van der Waals surface area contributed by atoms with Crippen molar-refractivity contribution in [3.05, 3.63) is 23.8 Å². The van der Waals surface area contributed by atoms with Crippen LogP contribution < -0.4 is 0 Å². The molecule has 2 saturated carbocycles. The van der Waals surface area contributed by atoms with Crippen molar-refractivity contribution < 1.29 is 4.39 Å². The van der Waals surface area contributed by atoms with Gasteiger partial charge in [-0.15, -0.1) is 0 Å². The molecule has 0 radical (unpaired) electrons. The fourth-order valence-corrected chi connectivity index (χ4v) is 5.10. The molecular weight excluding hydrogens is 271 g/mol. The van der Waals surface area contributed by atoms with Crippen LogP contribution in [0, 0.1) is 17.8 Å². The van der Waals surface area contributed by atoms with Gasteiger partial charge in [0.15, 0.2) is 0 Å². The highest BCUT2D eigenvalue weighted by atomic mass is 19.1. The Morgan fingerprint density at radius 3 is 2.27 bits per heavy atom. The van der Waals surface area contributed by atoms with E-state index in [9.17, 15) is 4.39 Å². The maximum atomic E-state index is 14.5. The van der Waals surface area contributed by atoms with Gasteiger partial charge in [-0.3, -0.25) is 0 Å². The van der Waals surface area contributed by atoms with Gasteiger partial charge in [-0.1, -0.05) is 57.6 Å². The van der Waals surface area contributed by atoms with Gasteiger partial charge in [0.1, 0.15) is 5.67 Å². The van der Waals surface area contributed by atoms with Crippen molar-refractivity contribution in [3.8, 4) is 0 Å². The summed E-state index contributed by atoms with van der Waals surface area (Å²) in [5.74, 6) is 2.72. The largest absolute Gasteiger partial charge is 0.239 e. The summed E-state index contributed by atoms with van der Waals surface area (Å²) in [4.78, 5) is 0. The van der Waals surface area contributed by atoms with Crippen LogP contribution in [0.3, 0.4) is 0 Å². The Kier molecular flexibility index (Phi) is 5.42. The van der Waals surface area contributed by atoms with E-state index < -0.39 is 5.67 Å². The lowest BCUT2D eigenvalue weighted by Crippen LogP contribution is -2.26. The average molecular weight is 304 g/mol. The summed E-state index contributed by atoms with van der Waals surface area (Å²) in [7, 11) is 0. The van der Waals surface area contributed by atoms with Gasteiger partial charge >= 0.3 is 0 Å². The second kappa shape index (κ2) is 7.32. The molecule has 0 saturated heterocycles. The van der Waals surface area contributed by atoms with Crippen molar-refractivity contribution in [3.63, 3.8) is 0 Å². The van der Waals surface area contributed by atoms with Gasteiger partial charge in [0.25, 0.3) is 0 Å². The van der Waals surface area contributed by atoms with E-state index in [1.165, 1.54) is 63.4 Å². The molecule has 3 aliphatic carbocycles. The topological polar surface area (TPSA) is 0 Å². The lowest BCUT2D eigenvalue weighted by Gasteiger charge is -2.37. The average Bonchev–Trinajstić information content (AvgIpc) is 2.57. The predicted octanol–water partition coefficient (Wildman–Crippen LogP) is 6.77. The molecule has 22 heavy (non-hydrogen) atoms. The highest BCUT2D eigenvalue weighted by Crippen LogP contribution is 2.43. The second-order valence-electron chi connectivity index (χ2n) is 8.04. The zero-order chi connectivity index (χ0) is 15.4. The molecule has 3 rings (SSSR count). The summed E-state index contributed by atoms with van der Waals surface area (Å²) in [5, 5.41) is 0. The molecule has 0 aliphatic heterocycles. The standard InChI is InChI=1S/C21H33F/c1-2-14-21(22)15-12-20(13-16-21)19-10-8-18(9-11-19)17-6-4-3-5-7-17/h12-13,15,17-19H,2-11,14,16H2,1H3. The molecule has 0 heterocycles. The van der Waals surface area contributed by atoms with Crippen LogP contribution in [0.15, 0.2) is 23.8 Å². The van der Waals surface area contributed by atoms with Crippen LogP contribution in [0.25, 0.3) is 0 Å². The molecule has 1 heteroatoms. The van der Waals surface area contributed by atoms with Crippen molar-refractivity contribution in [2.75, 3.05) is 0 Å². The number of hydrogen-bond donors (Lipinski definition) is 0. The first kappa shape index (κ1) is 16.3. The third kappa shape index (κ3) is 3.84. The molecule has 124 valence electrons. The van der Waals surface area contributed by atoms with Crippen LogP contribution in [0.1, 0.15) is 84.0 Å². The van der Waals surface area contributed by atoms with Crippen molar-refractivity contribution in [2.45, 2.75) is 89.6 Å². The van der Waals surface area contributed by atoms with Crippen molar-refractivity contribution in [1.82, 2.24) is 0 Å². The highest BCUT2D eigenvalue weighted by molar-refractivity contribution is 5.30. The molecule has 0 spiro atoms. The number of halogens is 1. The molecule has 0 nitrogen and oxygen atoms in total. The third-order valence-electron chi connectivity index (χ3n) is 6.48. The first-order valence-electron chi connectivity index (χ1n) is 9.78. The van der Waals surface area contributed by atoms with Gasteiger partial charge in [0.2, 0.25) is 0 Å². The number of hydrogen-bond acceptors (Lipinski definition) is 0. The zero-order valence-electron chi connectivity index (χ0n) is 14.3. The second-order valence-corrected chi connectivity index (χ2v) is 8.04. The molecule has 0 bridgehead atoms. The Balaban J connectivity index is 1.50. The van der Waals surface area contributed by atoms with Gasteiger partial charge in [0.05, 0.1) is 0 Å². The minimum Gasteiger partial charge on any atom is -0.239 e. The lowest BCUT2D eigenvalue weighted by molar-refractivity contribution is 0.176. The number of alkyl halides is 1. The van der Waals surface area contributed by atoms with Crippen LogP contribution in [0.2, 0.25) is 0 Å². The molecule has 0 aromatic carbocycles. The Bertz CT molecular complexity index is 408. The number of rotatable bonds is 4. The Labute approximate surface area is 136 Å². The SMILES string of the molecule is CCCC1(F)C=CC(C2CCC(C3CCCCC3)CC2)=CC1. The van der Waals surface area contributed by atoms with Crippen LogP contribution >= 0.6 is 0 Å². The van der Waals surface area contributed by atoms with Crippen LogP contribution in [0.5, 0.6) is 0 Å². The summed E-state index contributed by atoms with van der Waals surface area (Å²) >= 11 is 0. The van der Waals surface area contributed by atoms with E-state index in [2.05, 4.69) is 19.1 Å². The van der Waals surface area contributed by atoms with E-state index in [0.29, 0.717) is 18.8 Å². The van der Waals surface area contributed by atoms with Gasteiger partial charge in [0, 0.05) is 6.42 Å². The highest BCUT2D eigenvalue weighted by Gasteiger charge is 2.32. The fraction of sp³-hybridized carbons (Fsp3) is 0.810. The number of allylic oxidation sites excluding steroid dienone is 4. The summed E-state index contributed by atoms with van der Waals surface area (Å²) in [6.45, 7) is 2.07. The molecule has 3 aliphatic rings. The third-order valence-corrected chi connectivity index (χ3v) is 6.48. The van der Waals surface area contributed by atoms with E-state index in [1.54, 1.807) is 0 Å². The summed E-state index contributed by atoms with van der Waals surface area (Å²) in [5.41, 5.74) is 0.379. The quantitative estimate of drug-likeness (QED) is 0.537. The van der Waals surface area contributed by atoms with Gasteiger partial charge in [-0.05, 0) is 61.5 Å². The molecular formula is C21H33F. The Morgan fingerprint density at radius 2 is 1.68 bits per heavy atom. The van der Waals surface area contributed by atoms with Crippen LogP contribution in [-0.4, -0.2) is 5.67 Å². The Hall–Kier alpha value is -0.590. The maximum Gasteiger partial charge on any atom is 0.132 e. The first-order chi connectivity index (χ1) is 10.7. The molecule has 0 aromatic rings. The normalized spacial score (nSPS) is 37.1. The van der Waals surface area contributed by atoms with Crippen LogP contribution in [-0.2, 0) is 0 Å². The molecule has 2 fully saturated rings. The van der Waals surface area contributed by atoms with E-state index in [0.717, 1.165) is 18.3 Å². The molecule has 0 N–H and O–H groups in total. The van der Waals surface area contributed by atoms with E-state index in [-0.39, 0.29) is 0 Å². The smallest absolute Gasteiger partial charge is 0.132 e. The molecule has 1 atom stereocenters. The van der Waals surface area contributed by atoms with Crippen molar-refractivity contribution in [2.24, 2.45) is 17.8 Å². The zero-order valence-corrected chi connectivity index (χ0v) is 14.3. The van der Waals surface area contributed by atoms with Gasteiger partial charge in [-0.2, -0.15) is 0 Å². The van der Waals surface area contributed by atoms with E-state index in [1.807, 2.05) is 6.08 Å². The van der Waals surface area contributed by atoms with E-state index >= 15 is 0 Å². The fourth-order valence-electron chi connectivity index (χ4n) is 5.10. The molecule has 0 amide bonds. The van der Waals surface area contributed by atoms with Gasteiger partial charge in [-0.25, -0.2) is 4.39 Å². The van der Waals surface area contributed by atoms with Gasteiger partial charge < -0.3 is 0 Å². The molecule has 0 aromatic heterocycles. The van der Waals surface area contributed by atoms with Crippen LogP contribution in [0.4, 0.5) is 4.39 Å². The lowest BCUT2D eigenvalue weighted by atomic mass is 9.69. The van der Waals surface area contributed by atoms with Crippen molar-refractivity contribution in [1.29, 1.82) is 0 Å². The van der Waals surface area contributed by atoms with Crippen molar-refractivity contribution >= 4 is 0 Å².